The van der Waals surface area contributed by atoms with Gasteiger partial charge in [0.05, 0.1) is 12.0 Å². The zero-order valence-electron chi connectivity index (χ0n) is 14.1. The maximum atomic E-state index is 12.0. The van der Waals surface area contributed by atoms with Crippen molar-refractivity contribution in [3.63, 3.8) is 0 Å². The van der Waals surface area contributed by atoms with Gasteiger partial charge in [0, 0.05) is 12.5 Å². The summed E-state index contributed by atoms with van der Waals surface area (Å²) < 4.78 is 15.9. The number of hydrogen-bond acceptors (Lipinski definition) is 6. The second-order valence-electron chi connectivity index (χ2n) is 5.66. The van der Waals surface area contributed by atoms with Gasteiger partial charge in [-0.2, -0.15) is 0 Å². The van der Waals surface area contributed by atoms with E-state index in [1.165, 1.54) is 6.07 Å². The molecular formula is C18H20O7. The molecule has 134 valence electrons. The Kier molecular flexibility index (Phi) is 6.05. The van der Waals surface area contributed by atoms with Gasteiger partial charge in [-0.05, 0) is 38.5 Å². The normalized spacial score (nSPS) is 10.5. The number of carboxylic acids is 1. The summed E-state index contributed by atoms with van der Waals surface area (Å²) in [7, 11) is 0. The van der Waals surface area contributed by atoms with Crippen LogP contribution in [0.15, 0.2) is 39.1 Å². The number of hydrogen-bond donors (Lipinski definition) is 2. The van der Waals surface area contributed by atoms with Gasteiger partial charge >= 0.3 is 11.6 Å². The van der Waals surface area contributed by atoms with Crippen LogP contribution >= 0.6 is 0 Å². The molecular weight excluding hydrogens is 328 g/mol. The SMILES string of the molecule is CC(C)=CCOc1c(O)c2ccc(OCCCC(=O)O)cc2oc1=O. The largest absolute Gasteiger partial charge is 0.504 e. The molecule has 1 aromatic heterocycles. The van der Waals surface area contributed by atoms with Crippen LogP contribution in [0.2, 0.25) is 0 Å². The van der Waals surface area contributed by atoms with Crippen molar-refractivity contribution in [1.29, 1.82) is 0 Å². The summed E-state index contributed by atoms with van der Waals surface area (Å²) in [6.07, 6.45) is 2.15. The van der Waals surface area contributed by atoms with Crippen molar-refractivity contribution in [1.82, 2.24) is 0 Å². The predicted octanol–water partition coefficient (Wildman–Crippen LogP) is 3.09. The molecule has 0 saturated carbocycles. The van der Waals surface area contributed by atoms with E-state index in [0.717, 1.165) is 5.57 Å². The molecule has 0 aliphatic rings. The van der Waals surface area contributed by atoms with Crippen molar-refractivity contribution in [3.8, 4) is 17.2 Å². The number of aliphatic carboxylic acids is 1. The van der Waals surface area contributed by atoms with E-state index in [0.29, 0.717) is 17.6 Å². The highest BCUT2D eigenvalue weighted by Gasteiger charge is 2.15. The van der Waals surface area contributed by atoms with Crippen LogP contribution in [0.25, 0.3) is 11.0 Å². The highest BCUT2D eigenvalue weighted by atomic mass is 16.5. The Morgan fingerprint density at radius 3 is 2.72 bits per heavy atom. The van der Waals surface area contributed by atoms with Gasteiger partial charge in [0.2, 0.25) is 5.75 Å². The quantitative estimate of drug-likeness (QED) is 0.429. The van der Waals surface area contributed by atoms with E-state index in [1.807, 2.05) is 13.8 Å². The average Bonchev–Trinajstić information content (AvgIpc) is 2.54. The molecule has 0 amide bonds. The molecule has 2 aromatic rings. The van der Waals surface area contributed by atoms with Gasteiger partial charge in [0.1, 0.15) is 17.9 Å². The Balaban J connectivity index is 2.19. The van der Waals surface area contributed by atoms with E-state index in [4.69, 9.17) is 19.0 Å². The number of allylic oxidation sites excluding steroid dienone is 1. The Labute approximate surface area is 144 Å². The van der Waals surface area contributed by atoms with Crippen molar-refractivity contribution < 1.29 is 28.9 Å². The summed E-state index contributed by atoms with van der Waals surface area (Å²) >= 11 is 0. The molecule has 2 N–H and O–H groups in total. The molecule has 1 heterocycles. The maximum absolute atomic E-state index is 12.0. The number of carbonyl (C=O) groups is 1. The minimum absolute atomic E-state index is 0.00975. The van der Waals surface area contributed by atoms with Gasteiger partial charge in [-0.1, -0.05) is 5.57 Å². The summed E-state index contributed by atoms with van der Waals surface area (Å²) in [6, 6.07) is 4.62. The first kappa shape index (κ1) is 18.4. The molecule has 0 fully saturated rings. The van der Waals surface area contributed by atoms with Crippen molar-refractivity contribution in [2.75, 3.05) is 13.2 Å². The van der Waals surface area contributed by atoms with E-state index in [-0.39, 0.29) is 36.7 Å². The summed E-state index contributed by atoms with van der Waals surface area (Å²) in [4.78, 5) is 22.5. The third kappa shape index (κ3) is 5.00. The topological polar surface area (TPSA) is 106 Å². The first-order chi connectivity index (χ1) is 11.9. The Morgan fingerprint density at radius 1 is 1.28 bits per heavy atom. The fourth-order valence-corrected chi connectivity index (χ4v) is 2.07. The number of rotatable bonds is 8. The average molecular weight is 348 g/mol. The predicted molar refractivity (Wildman–Crippen MR) is 91.4 cm³/mol. The van der Waals surface area contributed by atoms with Crippen molar-refractivity contribution in [2.45, 2.75) is 26.7 Å². The Hall–Kier alpha value is -2.96. The number of carboxylic acid groups (broad SMARTS) is 1. The van der Waals surface area contributed by atoms with Crippen molar-refractivity contribution in [2.24, 2.45) is 0 Å². The highest BCUT2D eigenvalue weighted by Crippen LogP contribution is 2.33. The van der Waals surface area contributed by atoms with Gasteiger partial charge in [-0.25, -0.2) is 4.79 Å². The van der Waals surface area contributed by atoms with Crippen LogP contribution in [0.3, 0.4) is 0 Å². The molecule has 7 heteroatoms. The van der Waals surface area contributed by atoms with Crippen LogP contribution < -0.4 is 15.1 Å². The van der Waals surface area contributed by atoms with Crippen LogP contribution in [0.5, 0.6) is 17.2 Å². The molecule has 0 aliphatic carbocycles. The summed E-state index contributed by atoms with van der Waals surface area (Å²) in [5, 5.41) is 19.2. The van der Waals surface area contributed by atoms with Crippen molar-refractivity contribution in [3.05, 3.63) is 40.3 Å². The third-order valence-electron chi connectivity index (χ3n) is 3.33. The van der Waals surface area contributed by atoms with Gasteiger partial charge in [0.15, 0.2) is 5.75 Å². The van der Waals surface area contributed by atoms with E-state index in [9.17, 15) is 14.7 Å². The third-order valence-corrected chi connectivity index (χ3v) is 3.33. The summed E-state index contributed by atoms with van der Waals surface area (Å²) in [5.74, 6) is -0.997. The zero-order valence-corrected chi connectivity index (χ0v) is 14.1. The standard InChI is InChI=1S/C18H20O7/c1-11(2)7-9-24-17-16(21)13-6-5-12(10-14(13)25-18(17)22)23-8-3-4-15(19)20/h5-7,10,21H,3-4,8-9H2,1-2H3,(H,19,20). The van der Waals surface area contributed by atoms with Gasteiger partial charge in [-0.3, -0.25) is 4.79 Å². The van der Waals surface area contributed by atoms with Crippen LogP contribution in [0, 0.1) is 0 Å². The van der Waals surface area contributed by atoms with Crippen molar-refractivity contribution >= 4 is 16.9 Å². The van der Waals surface area contributed by atoms with E-state index < -0.39 is 11.6 Å². The molecule has 0 bridgehead atoms. The molecule has 0 aliphatic heterocycles. The highest BCUT2D eigenvalue weighted by molar-refractivity contribution is 5.86. The minimum Gasteiger partial charge on any atom is -0.504 e. The molecule has 0 unspecified atom stereocenters. The fraction of sp³-hybridized carbons (Fsp3) is 0.333. The smallest absolute Gasteiger partial charge is 0.383 e. The monoisotopic (exact) mass is 348 g/mol. The lowest BCUT2D eigenvalue weighted by Crippen LogP contribution is -2.08. The number of aromatic hydroxyl groups is 1. The molecule has 0 spiro atoms. The van der Waals surface area contributed by atoms with Gasteiger partial charge in [0.25, 0.3) is 0 Å². The Morgan fingerprint density at radius 2 is 2.04 bits per heavy atom. The molecule has 2 rings (SSSR count). The molecule has 25 heavy (non-hydrogen) atoms. The maximum Gasteiger partial charge on any atom is 0.383 e. The van der Waals surface area contributed by atoms with E-state index in [1.54, 1.807) is 18.2 Å². The van der Waals surface area contributed by atoms with Crippen LogP contribution in [0.1, 0.15) is 26.7 Å². The zero-order chi connectivity index (χ0) is 18.4. The lowest BCUT2D eigenvalue weighted by atomic mass is 10.2. The second kappa shape index (κ2) is 8.23. The molecule has 0 saturated heterocycles. The lowest BCUT2D eigenvalue weighted by molar-refractivity contribution is -0.137. The van der Waals surface area contributed by atoms with E-state index in [2.05, 4.69) is 0 Å². The van der Waals surface area contributed by atoms with Gasteiger partial charge in [-0.15, -0.1) is 0 Å². The molecule has 1 aromatic carbocycles. The van der Waals surface area contributed by atoms with E-state index >= 15 is 0 Å². The van der Waals surface area contributed by atoms with Crippen LogP contribution in [-0.2, 0) is 4.79 Å². The molecule has 7 nitrogen and oxygen atoms in total. The summed E-state index contributed by atoms with van der Waals surface area (Å²) in [6.45, 7) is 4.16. The second-order valence-corrected chi connectivity index (χ2v) is 5.66. The van der Waals surface area contributed by atoms with Crippen LogP contribution in [-0.4, -0.2) is 29.4 Å². The lowest BCUT2D eigenvalue weighted by Gasteiger charge is -2.09. The first-order valence-corrected chi connectivity index (χ1v) is 7.79. The number of benzene rings is 1. The fourth-order valence-electron chi connectivity index (χ4n) is 2.07. The van der Waals surface area contributed by atoms with Gasteiger partial charge < -0.3 is 24.1 Å². The first-order valence-electron chi connectivity index (χ1n) is 7.79. The van der Waals surface area contributed by atoms with Crippen LogP contribution in [0.4, 0.5) is 0 Å². The molecule has 0 radical (unpaired) electrons. The summed E-state index contributed by atoms with van der Waals surface area (Å²) in [5.41, 5.74) is 0.400. The molecule has 0 atom stereocenters. The minimum atomic E-state index is -0.890. The Bertz CT molecular complexity index is 844. The number of ether oxygens (including phenoxy) is 2. The number of fused-ring (bicyclic) bond motifs is 1.